The molecule has 2 atom stereocenters. The number of rotatable bonds is 8. The molecule has 0 saturated heterocycles. The van der Waals surface area contributed by atoms with Crippen molar-refractivity contribution in [3.8, 4) is 6.07 Å². The molecule has 156 valence electrons. The summed E-state index contributed by atoms with van der Waals surface area (Å²) in [6.45, 7) is 4.08. The maximum absolute atomic E-state index is 13.2. The summed E-state index contributed by atoms with van der Waals surface area (Å²) in [4.78, 5) is 19.0. The number of carbonyl (C=O) groups excluding carboxylic acids is 1. The van der Waals surface area contributed by atoms with Crippen LogP contribution in [0.4, 0.5) is 5.69 Å². The molecule has 0 fully saturated rings. The minimum absolute atomic E-state index is 0.187. The van der Waals surface area contributed by atoms with Gasteiger partial charge in [0.15, 0.2) is 0 Å². The van der Waals surface area contributed by atoms with E-state index in [9.17, 15) is 10.1 Å². The lowest BCUT2D eigenvalue weighted by molar-refractivity contribution is -0.113. The van der Waals surface area contributed by atoms with Crippen LogP contribution in [0, 0.1) is 17.2 Å². The number of nitrogens with zero attached hydrogens (tertiary/aromatic N) is 2. The van der Waals surface area contributed by atoms with Gasteiger partial charge in [-0.05, 0) is 42.7 Å². The molecule has 4 nitrogen and oxygen atoms in total. The number of benzene rings is 1. The van der Waals surface area contributed by atoms with Crippen LogP contribution in [-0.4, -0.2) is 16.7 Å². The summed E-state index contributed by atoms with van der Waals surface area (Å²) in [7, 11) is 0. The lowest BCUT2D eigenvalue weighted by Gasteiger charge is -2.29. The van der Waals surface area contributed by atoms with Gasteiger partial charge in [0.2, 0.25) is 0 Å². The summed E-state index contributed by atoms with van der Waals surface area (Å²) in [5.74, 6) is 0.0231. The molecule has 0 aliphatic carbocycles. The number of para-hydroxylation sites is 1. The Morgan fingerprint density at radius 2 is 2.00 bits per heavy atom. The van der Waals surface area contributed by atoms with Gasteiger partial charge in [0.05, 0.1) is 11.1 Å². The van der Waals surface area contributed by atoms with E-state index in [1.165, 1.54) is 19.3 Å². The molecule has 3 rings (SSSR count). The van der Waals surface area contributed by atoms with E-state index in [1.54, 1.807) is 23.1 Å². The minimum atomic E-state index is -0.444. The zero-order chi connectivity index (χ0) is 21.3. The van der Waals surface area contributed by atoms with Crippen molar-refractivity contribution >= 4 is 39.7 Å². The zero-order valence-corrected chi connectivity index (χ0v) is 19.1. The number of hydrogen-bond donors (Lipinski definition) is 1. The number of amides is 1. The number of nitriles is 1. The van der Waals surface area contributed by atoms with Crippen molar-refractivity contribution in [2.75, 3.05) is 11.1 Å². The summed E-state index contributed by atoms with van der Waals surface area (Å²) >= 11 is 3.25. The number of allylic oxidation sites excluding steroid dienone is 1. The number of thiophene rings is 1. The second-order valence-corrected chi connectivity index (χ2v) is 9.37. The Balaban J connectivity index is 1.89. The predicted molar refractivity (Wildman–Crippen MR) is 128 cm³/mol. The highest BCUT2D eigenvalue weighted by Crippen LogP contribution is 2.43. The molecule has 1 aliphatic rings. The van der Waals surface area contributed by atoms with Crippen LogP contribution in [0.15, 0.2) is 64.1 Å². The molecule has 2 aromatic rings. The third kappa shape index (κ3) is 5.41. The van der Waals surface area contributed by atoms with E-state index in [-0.39, 0.29) is 11.8 Å². The molecule has 1 aromatic carbocycles. The number of hydrogen-bond acceptors (Lipinski definition) is 5. The standard InChI is InChI=1S/C24H27N3OS2/c1-3-4-5-9-14-30-24-19(16-25)22(20-13-10-15-29-20)21(17(2)26-24)23(28)27-18-11-7-6-8-12-18/h6-8,10-13,15,19,22H,3-5,9,14H2,1-2H3,(H,27,28)/t19?,22-/m1/s1. The van der Waals surface area contributed by atoms with Crippen LogP contribution >= 0.6 is 23.1 Å². The zero-order valence-electron chi connectivity index (χ0n) is 17.4. The van der Waals surface area contributed by atoms with E-state index in [2.05, 4.69) is 18.3 Å². The molecule has 6 heteroatoms. The van der Waals surface area contributed by atoms with E-state index < -0.39 is 5.92 Å². The van der Waals surface area contributed by atoms with Gasteiger partial charge in [-0.3, -0.25) is 4.79 Å². The Morgan fingerprint density at radius 3 is 2.67 bits per heavy atom. The fourth-order valence-electron chi connectivity index (χ4n) is 3.59. The quantitative estimate of drug-likeness (QED) is 0.473. The first-order valence-corrected chi connectivity index (χ1v) is 12.2. The van der Waals surface area contributed by atoms with Crippen molar-refractivity contribution in [3.63, 3.8) is 0 Å². The molecule has 0 spiro atoms. The molecule has 1 aromatic heterocycles. The van der Waals surface area contributed by atoms with Crippen LogP contribution < -0.4 is 5.32 Å². The Bertz CT molecular complexity index is 943. The number of aliphatic imine (C=N–C) groups is 1. The van der Waals surface area contributed by atoms with Crippen molar-refractivity contribution < 1.29 is 4.79 Å². The van der Waals surface area contributed by atoms with Crippen molar-refractivity contribution in [2.24, 2.45) is 10.9 Å². The van der Waals surface area contributed by atoms with Gasteiger partial charge in [0.25, 0.3) is 5.91 Å². The number of thioether (sulfide) groups is 1. The van der Waals surface area contributed by atoms with Crippen molar-refractivity contribution in [2.45, 2.75) is 45.4 Å². The molecular weight excluding hydrogens is 410 g/mol. The Labute approximate surface area is 187 Å². The van der Waals surface area contributed by atoms with Crippen LogP contribution in [0.1, 0.15) is 50.3 Å². The highest BCUT2D eigenvalue weighted by Gasteiger charge is 2.39. The van der Waals surface area contributed by atoms with Crippen LogP contribution in [0.3, 0.4) is 0 Å². The first-order valence-electron chi connectivity index (χ1n) is 10.4. The Kier molecular flexibility index (Phi) is 8.30. The van der Waals surface area contributed by atoms with Crippen molar-refractivity contribution in [3.05, 3.63) is 64.0 Å². The van der Waals surface area contributed by atoms with Crippen molar-refractivity contribution in [1.82, 2.24) is 0 Å². The van der Waals surface area contributed by atoms with Gasteiger partial charge in [-0.15, -0.1) is 23.1 Å². The van der Waals surface area contributed by atoms with E-state index in [4.69, 9.17) is 4.99 Å². The lowest BCUT2D eigenvalue weighted by Crippen LogP contribution is -2.31. The van der Waals surface area contributed by atoms with E-state index in [1.807, 2.05) is 54.8 Å². The lowest BCUT2D eigenvalue weighted by atomic mass is 9.82. The highest BCUT2D eigenvalue weighted by molar-refractivity contribution is 8.14. The summed E-state index contributed by atoms with van der Waals surface area (Å²) in [5.41, 5.74) is 2.02. The first kappa shape index (κ1) is 22.3. The first-order chi connectivity index (χ1) is 14.7. The third-order valence-corrected chi connectivity index (χ3v) is 7.18. The summed E-state index contributed by atoms with van der Waals surface area (Å²) < 4.78 is 0. The second kappa shape index (κ2) is 11.1. The fraction of sp³-hybridized carbons (Fsp3) is 0.375. The van der Waals surface area contributed by atoms with E-state index >= 15 is 0 Å². The topological polar surface area (TPSA) is 65.2 Å². The molecule has 1 aliphatic heterocycles. The normalized spacial score (nSPS) is 18.6. The van der Waals surface area contributed by atoms with Gasteiger partial charge in [-0.1, -0.05) is 50.5 Å². The Hall–Kier alpha value is -2.36. The largest absolute Gasteiger partial charge is 0.322 e. The average molecular weight is 438 g/mol. The Morgan fingerprint density at radius 1 is 1.20 bits per heavy atom. The van der Waals surface area contributed by atoms with Crippen LogP contribution in [0.5, 0.6) is 0 Å². The maximum Gasteiger partial charge on any atom is 0.254 e. The van der Waals surface area contributed by atoms with E-state index in [0.29, 0.717) is 11.3 Å². The number of anilines is 1. The summed E-state index contributed by atoms with van der Waals surface area (Å²) in [6, 6.07) is 15.8. The fourth-order valence-corrected chi connectivity index (χ4v) is 5.59. The molecule has 30 heavy (non-hydrogen) atoms. The van der Waals surface area contributed by atoms with Gasteiger partial charge in [-0.2, -0.15) is 5.26 Å². The summed E-state index contributed by atoms with van der Waals surface area (Å²) in [6.07, 6.45) is 4.75. The molecule has 1 unspecified atom stereocenters. The molecule has 1 amide bonds. The highest BCUT2D eigenvalue weighted by atomic mass is 32.2. The molecule has 0 saturated carbocycles. The van der Waals surface area contributed by atoms with Gasteiger partial charge in [-0.25, -0.2) is 4.99 Å². The second-order valence-electron chi connectivity index (χ2n) is 7.28. The third-order valence-electron chi connectivity index (χ3n) is 5.09. The average Bonchev–Trinajstić information content (AvgIpc) is 3.28. The maximum atomic E-state index is 13.2. The monoisotopic (exact) mass is 437 g/mol. The molecule has 1 N–H and O–H groups in total. The van der Waals surface area contributed by atoms with E-state index in [0.717, 1.165) is 27.8 Å². The molecule has 0 radical (unpaired) electrons. The predicted octanol–water partition coefficient (Wildman–Crippen LogP) is 6.61. The number of nitrogens with one attached hydrogen (secondary N) is 1. The minimum Gasteiger partial charge on any atom is -0.322 e. The molecule has 2 heterocycles. The van der Waals surface area contributed by atoms with Crippen molar-refractivity contribution in [1.29, 1.82) is 5.26 Å². The van der Waals surface area contributed by atoms with Gasteiger partial charge in [0.1, 0.15) is 5.92 Å². The summed E-state index contributed by atoms with van der Waals surface area (Å²) in [5, 5.41) is 15.9. The molecular formula is C24H27N3OS2. The van der Waals surface area contributed by atoms with Gasteiger partial charge >= 0.3 is 0 Å². The SMILES string of the molecule is CCCCCCSC1=NC(C)=C(C(=O)Nc2ccccc2)[C@@H](c2cccs2)C1C#N. The van der Waals surface area contributed by atoms with Gasteiger partial charge < -0.3 is 5.32 Å². The molecule has 0 bridgehead atoms. The number of carbonyl (C=O) groups is 1. The van der Waals surface area contributed by atoms with Crippen LogP contribution in [-0.2, 0) is 4.79 Å². The van der Waals surface area contributed by atoms with Crippen LogP contribution in [0.2, 0.25) is 0 Å². The number of unbranched alkanes of at least 4 members (excludes halogenated alkanes) is 3. The van der Waals surface area contributed by atoms with Crippen LogP contribution in [0.25, 0.3) is 0 Å². The van der Waals surface area contributed by atoms with Gasteiger partial charge in [0, 0.05) is 27.8 Å². The smallest absolute Gasteiger partial charge is 0.254 e.